The largest absolute Gasteiger partial charge is 0.317 e. The third-order valence-corrected chi connectivity index (χ3v) is 3.78. The number of hydrogen-bond acceptors (Lipinski definition) is 2. The maximum Gasteiger partial charge on any atom is 0.0694 e. The van der Waals surface area contributed by atoms with Gasteiger partial charge >= 0.3 is 0 Å². The number of benzene rings is 1. The van der Waals surface area contributed by atoms with E-state index in [4.69, 9.17) is 0 Å². The Morgan fingerprint density at radius 1 is 1.24 bits per heavy atom. The Balaban J connectivity index is 0.00000144. The van der Waals surface area contributed by atoms with Crippen LogP contribution in [0.3, 0.4) is 0 Å². The van der Waals surface area contributed by atoms with E-state index in [0.29, 0.717) is 0 Å². The number of rotatable bonds is 2. The first-order valence-corrected chi connectivity index (χ1v) is 6.40. The van der Waals surface area contributed by atoms with Gasteiger partial charge in [-0.1, -0.05) is 28.1 Å². The van der Waals surface area contributed by atoms with E-state index in [-0.39, 0.29) is 17.8 Å². The second kappa shape index (κ2) is 6.39. The van der Waals surface area contributed by atoms with Gasteiger partial charge in [-0.2, -0.15) is 5.26 Å². The van der Waals surface area contributed by atoms with Gasteiger partial charge in [0.15, 0.2) is 0 Å². The van der Waals surface area contributed by atoms with Crippen molar-refractivity contribution in [3.05, 3.63) is 34.3 Å². The Labute approximate surface area is 117 Å². The average Bonchev–Trinajstić information content (AvgIpc) is 2.33. The first kappa shape index (κ1) is 14.5. The second-order valence-corrected chi connectivity index (χ2v) is 5.36. The van der Waals surface area contributed by atoms with Crippen molar-refractivity contribution >= 4 is 28.3 Å². The van der Waals surface area contributed by atoms with Crippen LogP contribution in [0.25, 0.3) is 0 Å². The smallest absolute Gasteiger partial charge is 0.0694 e. The molecule has 4 heteroatoms. The summed E-state index contributed by atoms with van der Waals surface area (Å²) in [5, 5.41) is 12.7. The van der Waals surface area contributed by atoms with Gasteiger partial charge < -0.3 is 5.32 Å². The zero-order chi connectivity index (χ0) is 11.4. The molecule has 1 aromatic carbocycles. The Hall–Kier alpha value is -0.560. The van der Waals surface area contributed by atoms with Crippen molar-refractivity contribution in [2.24, 2.45) is 5.41 Å². The van der Waals surface area contributed by atoms with E-state index in [1.807, 2.05) is 12.1 Å². The Morgan fingerprint density at radius 2 is 1.82 bits per heavy atom. The maximum absolute atomic E-state index is 9.37. The number of halogens is 2. The fourth-order valence-corrected chi connectivity index (χ4v) is 2.49. The van der Waals surface area contributed by atoms with Gasteiger partial charge in [0, 0.05) is 4.47 Å². The van der Waals surface area contributed by atoms with E-state index >= 15 is 0 Å². The number of hydrogen-bond donors (Lipinski definition) is 1. The van der Waals surface area contributed by atoms with Crippen molar-refractivity contribution in [1.29, 1.82) is 5.26 Å². The van der Waals surface area contributed by atoms with Gasteiger partial charge in [0.05, 0.1) is 11.5 Å². The maximum atomic E-state index is 9.37. The van der Waals surface area contributed by atoms with Crippen molar-refractivity contribution in [3.8, 4) is 6.07 Å². The van der Waals surface area contributed by atoms with Gasteiger partial charge in [0.25, 0.3) is 0 Å². The zero-order valence-corrected chi connectivity index (χ0v) is 12.0. The molecule has 1 heterocycles. The van der Waals surface area contributed by atoms with E-state index < -0.39 is 0 Å². The van der Waals surface area contributed by atoms with E-state index in [9.17, 15) is 5.26 Å². The molecular formula is C13H16BrClN2. The molecule has 0 aliphatic carbocycles. The number of piperidine rings is 1. The third kappa shape index (κ3) is 3.70. The van der Waals surface area contributed by atoms with Crippen molar-refractivity contribution in [1.82, 2.24) is 5.32 Å². The lowest BCUT2D eigenvalue weighted by molar-refractivity contribution is 0.280. The summed E-state index contributed by atoms with van der Waals surface area (Å²) in [6.07, 6.45) is 2.79. The fourth-order valence-electron chi connectivity index (χ4n) is 2.23. The van der Waals surface area contributed by atoms with E-state index in [0.717, 1.165) is 36.8 Å². The molecule has 1 N–H and O–H groups in total. The average molecular weight is 316 g/mol. The van der Waals surface area contributed by atoms with Crippen LogP contribution in [0.1, 0.15) is 18.4 Å². The molecule has 1 fully saturated rings. The summed E-state index contributed by atoms with van der Waals surface area (Å²) < 4.78 is 1.09. The molecule has 0 aromatic heterocycles. The molecule has 0 spiro atoms. The quantitative estimate of drug-likeness (QED) is 0.909. The van der Waals surface area contributed by atoms with Gasteiger partial charge in [-0.05, 0) is 50.0 Å². The van der Waals surface area contributed by atoms with Crippen molar-refractivity contribution < 1.29 is 0 Å². The molecule has 1 aliphatic rings. The van der Waals surface area contributed by atoms with Gasteiger partial charge in [-0.15, -0.1) is 12.4 Å². The van der Waals surface area contributed by atoms with Crippen LogP contribution in [0.2, 0.25) is 0 Å². The monoisotopic (exact) mass is 314 g/mol. The van der Waals surface area contributed by atoms with Gasteiger partial charge in [-0.25, -0.2) is 0 Å². The highest BCUT2D eigenvalue weighted by Crippen LogP contribution is 2.32. The number of nitriles is 1. The lowest BCUT2D eigenvalue weighted by atomic mass is 9.75. The molecule has 1 aliphatic heterocycles. The van der Waals surface area contributed by atoms with Gasteiger partial charge in [0.2, 0.25) is 0 Å². The molecule has 0 unspecified atom stereocenters. The summed E-state index contributed by atoms with van der Waals surface area (Å²) in [5.41, 5.74) is 1.10. The summed E-state index contributed by atoms with van der Waals surface area (Å²) in [6.45, 7) is 1.92. The number of nitrogens with one attached hydrogen (secondary N) is 1. The first-order valence-electron chi connectivity index (χ1n) is 5.61. The number of nitrogens with zero attached hydrogens (tertiary/aromatic N) is 1. The second-order valence-electron chi connectivity index (χ2n) is 4.45. The minimum atomic E-state index is -0.154. The van der Waals surface area contributed by atoms with Crippen molar-refractivity contribution in [2.75, 3.05) is 13.1 Å². The molecular weight excluding hydrogens is 300 g/mol. The fraction of sp³-hybridized carbons (Fsp3) is 0.462. The molecule has 0 atom stereocenters. The highest BCUT2D eigenvalue weighted by Gasteiger charge is 2.31. The summed E-state index contributed by atoms with van der Waals surface area (Å²) in [4.78, 5) is 0. The minimum Gasteiger partial charge on any atom is -0.317 e. The van der Waals surface area contributed by atoms with Crippen LogP contribution in [-0.4, -0.2) is 13.1 Å². The SMILES string of the molecule is Cl.N#CC1(Cc2ccc(Br)cc2)CCNCC1. The summed E-state index contributed by atoms with van der Waals surface area (Å²) >= 11 is 3.43. The lowest BCUT2D eigenvalue weighted by Gasteiger charge is -2.31. The highest BCUT2D eigenvalue weighted by molar-refractivity contribution is 9.10. The normalized spacial score (nSPS) is 17.9. The van der Waals surface area contributed by atoms with Crippen LogP contribution in [0.15, 0.2) is 28.7 Å². The van der Waals surface area contributed by atoms with Crippen LogP contribution in [0.4, 0.5) is 0 Å². The van der Waals surface area contributed by atoms with Crippen LogP contribution in [0.5, 0.6) is 0 Å². The molecule has 2 rings (SSSR count). The lowest BCUT2D eigenvalue weighted by Crippen LogP contribution is -2.37. The van der Waals surface area contributed by atoms with Crippen molar-refractivity contribution in [2.45, 2.75) is 19.3 Å². The van der Waals surface area contributed by atoms with Gasteiger partial charge in [-0.3, -0.25) is 0 Å². The summed E-state index contributed by atoms with van der Waals surface area (Å²) in [6, 6.07) is 10.8. The molecule has 1 aromatic rings. The first-order chi connectivity index (χ1) is 7.74. The molecule has 2 nitrogen and oxygen atoms in total. The minimum absolute atomic E-state index is 0. The molecule has 17 heavy (non-hydrogen) atoms. The highest BCUT2D eigenvalue weighted by atomic mass is 79.9. The zero-order valence-electron chi connectivity index (χ0n) is 9.58. The van der Waals surface area contributed by atoms with Crippen LogP contribution >= 0.6 is 28.3 Å². The Bertz CT molecular complexity index is 391. The van der Waals surface area contributed by atoms with E-state index in [1.165, 1.54) is 5.56 Å². The molecule has 0 radical (unpaired) electrons. The topological polar surface area (TPSA) is 35.8 Å². The predicted octanol–water partition coefficient (Wildman–Crippen LogP) is 3.31. The predicted molar refractivity (Wildman–Crippen MR) is 75.2 cm³/mol. The van der Waals surface area contributed by atoms with E-state index in [2.05, 4.69) is 39.4 Å². The van der Waals surface area contributed by atoms with E-state index in [1.54, 1.807) is 0 Å². The van der Waals surface area contributed by atoms with Crippen LogP contribution in [0, 0.1) is 16.7 Å². The Morgan fingerprint density at radius 3 is 2.35 bits per heavy atom. The molecule has 0 bridgehead atoms. The molecule has 92 valence electrons. The molecule has 1 saturated heterocycles. The third-order valence-electron chi connectivity index (χ3n) is 3.25. The van der Waals surface area contributed by atoms with Crippen molar-refractivity contribution in [3.63, 3.8) is 0 Å². The standard InChI is InChI=1S/C13H15BrN2.ClH/c14-12-3-1-11(2-4-12)9-13(10-15)5-7-16-8-6-13;/h1-4,16H,5-9H2;1H. The Kier molecular flexibility index (Phi) is 5.45. The molecule has 0 saturated carbocycles. The van der Waals surface area contributed by atoms with Crippen LogP contribution in [-0.2, 0) is 6.42 Å². The summed E-state index contributed by atoms with van der Waals surface area (Å²) in [5.74, 6) is 0. The molecule has 0 amide bonds. The van der Waals surface area contributed by atoms with Gasteiger partial charge in [0.1, 0.15) is 0 Å². The summed E-state index contributed by atoms with van der Waals surface area (Å²) in [7, 11) is 0. The van der Waals surface area contributed by atoms with Crippen LogP contribution < -0.4 is 5.32 Å².